The van der Waals surface area contributed by atoms with Crippen LogP contribution >= 0.6 is 0 Å². The molecule has 0 spiro atoms. The number of aromatic nitrogens is 2. The van der Waals surface area contributed by atoms with E-state index in [1.165, 1.54) is 17.8 Å². The van der Waals surface area contributed by atoms with E-state index in [-0.39, 0.29) is 42.1 Å². The van der Waals surface area contributed by atoms with Gasteiger partial charge in [0.1, 0.15) is 36.3 Å². The Kier molecular flexibility index (Phi) is 6.47. The fourth-order valence-corrected chi connectivity index (χ4v) is 5.60. The monoisotopic (exact) mass is 491 g/mol. The van der Waals surface area contributed by atoms with E-state index in [0.717, 1.165) is 30.3 Å². The summed E-state index contributed by atoms with van der Waals surface area (Å²) in [6.45, 7) is 3.96. The number of hydrogen-bond acceptors (Lipinski definition) is 10. The lowest BCUT2D eigenvalue weighted by molar-refractivity contribution is -0.144. The number of hydrogen-bond donors (Lipinski definition) is 4. The zero-order valence-electron chi connectivity index (χ0n) is 19.9. The molecule has 35 heavy (non-hydrogen) atoms. The first-order chi connectivity index (χ1) is 16.7. The lowest BCUT2D eigenvalue weighted by atomic mass is 9.80. The molecule has 4 heterocycles. The van der Waals surface area contributed by atoms with Gasteiger partial charge in [0.05, 0.1) is 18.1 Å². The Balaban J connectivity index is 1.28. The topological polar surface area (TPSA) is 156 Å². The van der Waals surface area contributed by atoms with Crippen LogP contribution in [0.1, 0.15) is 45.8 Å². The smallest absolute Gasteiger partial charge is 0.351 e. The standard InChI is InChI=1S/C24H33N3O8/c1-12-4-3-8-24(2)20(35-24)19-13(6-5-12)14(22(31)34-19)10-25-16-7-9-27(23(32)26-16)21-18(30)17(29)15(11-28)33-21/h4,7,9,13-15,17-21,28-30H,3,5-6,8,10-11H2,1-2H3,(H,25,26,32)/b12-4+/t13-,14?,15?,17-,18-,19-,20-,21?,24+/m0/s1. The van der Waals surface area contributed by atoms with Crippen LogP contribution in [-0.4, -0.2) is 80.1 Å². The van der Waals surface area contributed by atoms with E-state index in [1.807, 2.05) is 0 Å². The molecule has 1 aromatic rings. The number of ether oxygens (including phenoxy) is 3. The minimum atomic E-state index is -1.38. The number of nitrogens with zero attached hydrogens (tertiary/aromatic N) is 2. The Bertz CT molecular complexity index is 1060. The number of nitrogens with one attached hydrogen (secondary N) is 1. The van der Waals surface area contributed by atoms with Gasteiger partial charge in [-0.2, -0.15) is 4.98 Å². The second-order valence-electron chi connectivity index (χ2n) is 10.3. The third-order valence-corrected chi connectivity index (χ3v) is 7.86. The first-order valence-corrected chi connectivity index (χ1v) is 12.2. The molecule has 11 nitrogen and oxygen atoms in total. The Morgan fingerprint density at radius 2 is 2.09 bits per heavy atom. The number of anilines is 1. The third-order valence-electron chi connectivity index (χ3n) is 7.86. The molecule has 0 radical (unpaired) electrons. The molecule has 3 unspecified atom stereocenters. The predicted octanol–water partition coefficient (Wildman–Crippen LogP) is 0.102. The van der Waals surface area contributed by atoms with E-state index >= 15 is 0 Å². The Morgan fingerprint density at radius 3 is 2.80 bits per heavy atom. The number of rotatable bonds is 5. The van der Waals surface area contributed by atoms with Gasteiger partial charge in [-0.05, 0) is 45.6 Å². The minimum absolute atomic E-state index is 0.0115. The van der Waals surface area contributed by atoms with Crippen molar-refractivity contribution in [2.75, 3.05) is 18.5 Å². The molecule has 3 fully saturated rings. The normalized spacial score (nSPS) is 42.4. The largest absolute Gasteiger partial charge is 0.459 e. The SMILES string of the molecule is C/C1=C\CC[C@@]2(C)O[C@H]2[C@H]2OC(=O)C(CNc3ccn(C4OC(CO)[C@H](O)[C@@H]4O)c(=O)n3)[C@@H]2CC1. The van der Waals surface area contributed by atoms with Gasteiger partial charge >= 0.3 is 11.7 Å². The zero-order valence-corrected chi connectivity index (χ0v) is 19.9. The highest BCUT2D eigenvalue weighted by molar-refractivity contribution is 5.76. The summed E-state index contributed by atoms with van der Waals surface area (Å²) in [6, 6.07) is 1.54. The molecule has 11 heteroatoms. The summed E-state index contributed by atoms with van der Waals surface area (Å²) in [7, 11) is 0. The highest BCUT2D eigenvalue weighted by Crippen LogP contribution is 2.50. The van der Waals surface area contributed by atoms with E-state index in [4.69, 9.17) is 14.2 Å². The van der Waals surface area contributed by atoms with E-state index in [2.05, 4.69) is 30.2 Å². The first-order valence-electron chi connectivity index (χ1n) is 12.2. The summed E-state index contributed by atoms with van der Waals surface area (Å²) < 4.78 is 18.3. The van der Waals surface area contributed by atoms with Crippen molar-refractivity contribution in [1.82, 2.24) is 9.55 Å². The highest BCUT2D eigenvalue weighted by Gasteiger charge is 2.62. The number of aliphatic hydroxyl groups is 3. The first kappa shape index (κ1) is 24.4. The average Bonchev–Trinajstić information content (AvgIpc) is 3.27. The van der Waals surface area contributed by atoms with Crippen molar-refractivity contribution in [2.45, 2.75) is 81.9 Å². The summed E-state index contributed by atoms with van der Waals surface area (Å²) >= 11 is 0. The Labute approximate surface area is 202 Å². The van der Waals surface area contributed by atoms with Crippen molar-refractivity contribution < 1.29 is 34.3 Å². The second-order valence-corrected chi connectivity index (χ2v) is 10.3. The lowest BCUT2D eigenvalue weighted by Crippen LogP contribution is -2.36. The molecule has 0 amide bonds. The number of carbonyl (C=O) groups excluding carboxylic acids is 1. The quantitative estimate of drug-likeness (QED) is 0.253. The van der Waals surface area contributed by atoms with Crippen LogP contribution in [-0.2, 0) is 19.0 Å². The summed E-state index contributed by atoms with van der Waals surface area (Å²) in [5.74, 6) is -0.406. The number of aliphatic hydroxyl groups excluding tert-OH is 3. The number of epoxide rings is 1. The predicted molar refractivity (Wildman–Crippen MR) is 122 cm³/mol. The third kappa shape index (κ3) is 4.51. The number of esters is 1. The van der Waals surface area contributed by atoms with Crippen molar-refractivity contribution in [3.8, 4) is 0 Å². The Hall–Kier alpha value is -2.31. The van der Waals surface area contributed by atoms with Gasteiger partial charge in [0, 0.05) is 18.7 Å². The van der Waals surface area contributed by atoms with Crippen LogP contribution in [0, 0.1) is 11.8 Å². The maximum absolute atomic E-state index is 12.8. The molecule has 3 aliphatic heterocycles. The van der Waals surface area contributed by atoms with E-state index in [1.54, 1.807) is 0 Å². The van der Waals surface area contributed by atoms with Crippen LogP contribution in [0.2, 0.25) is 0 Å². The average molecular weight is 492 g/mol. The highest BCUT2D eigenvalue weighted by atomic mass is 16.6. The molecular formula is C24H33N3O8. The van der Waals surface area contributed by atoms with Crippen LogP contribution in [0.5, 0.6) is 0 Å². The lowest BCUT2D eigenvalue weighted by Gasteiger charge is -2.22. The van der Waals surface area contributed by atoms with Crippen LogP contribution in [0.3, 0.4) is 0 Å². The van der Waals surface area contributed by atoms with Crippen molar-refractivity contribution in [3.63, 3.8) is 0 Å². The van der Waals surface area contributed by atoms with Gasteiger partial charge in [-0.1, -0.05) is 11.6 Å². The van der Waals surface area contributed by atoms with Gasteiger partial charge in [-0.3, -0.25) is 9.36 Å². The molecular weight excluding hydrogens is 458 g/mol. The molecule has 1 aliphatic carbocycles. The number of carbonyl (C=O) groups is 1. The van der Waals surface area contributed by atoms with Gasteiger partial charge in [0.15, 0.2) is 6.23 Å². The van der Waals surface area contributed by atoms with Gasteiger partial charge in [0.25, 0.3) is 0 Å². The summed E-state index contributed by atoms with van der Waals surface area (Å²) in [5, 5.41) is 32.5. The molecule has 4 aliphatic rings. The molecule has 5 rings (SSSR count). The van der Waals surface area contributed by atoms with Crippen molar-refractivity contribution in [2.24, 2.45) is 11.8 Å². The van der Waals surface area contributed by atoms with Crippen molar-refractivity contribution in [1.29, 1.82) is 0 Å². The number of allylic oxidation sites excluding steroid dienone is 2. The van der Waals surface area contributed by atoms with Crippen molar-refractivity contribution >= 4 is 11.8 Å². The van der Waals surface area contributed by atoms with Crippen LogP contribution < -0.4 is 11.0 Å². The maximum Gasteiger partial charge on any atom is 0.351 e. The molecule has 1 aromatic heterocycles. The van der Waals surface area contributed by atoms with Gasteiger partial charge < -0.3 is 34.8 Å². The van der Waals surface area contributed by atoms with Gasteiger partial charge in [-0.15, -0.1) is 0 Å². The van der Waals surface area contributed by atoms with Crippen LogP contribution in [0.15, 0.2) is 28.7 Å². The minimum Gasteiger partial charge on any atom is -0.459 e. The number of fused-ring (bicyclic) bond motifs is 3. The van der Waals surface area contributed by atoms with E-state index in [0.29, 0.717) is 0 Å². The maximum atomic E-state index is 12.8. The van der Waals surface area contributed by atoms with Crippen LogP contribution in [0.25, 0.3) is 0 Å². The second kappa shape index (κ2) is 9.29. The molecule has 9 atom stereocenters. The Morgan fingerprint density at radius 1 is 1.29 bits per heavy atom. The van der Waals surface area contributed by atoms with Gasteiger partial charge in [0.2, 0.25) is 0 Å². The zero-order chi connectivity index (χ0) is 24.9. The molecule has 0 saturated carbocycles. The summed E-state index contributed by atoms with van der Waals surface area (Å²) in [4.78, 5) is 29.4. The molecule has 0 aromatic carbocycles. The molecule has 4 N–H and O–H groups in total. The van der Waals surface area contributed by atoms with E-state index < -0.39 is 42.8 Å². The molecule has 3 saturated heterocycles. The van der Waals surface area contributed by atoms with Crippen molar-refractivity contribution in [3.05, 3.63) is 34.4 Å². The fraction of sp³-hybridized carbons (Fsp3) is 0.708. The van der Waals surface area contributed by atoms with E-state index in [9.17, 15) is 24.9 Å². The molecule has 192 valence electrons. The fourth-order valence-electron chi connectivity index (χ4n) is 5.60. The van der Waals surface area contributed by atoms with Gasteiger partial charge in [-0.25, -0.2) is 4.79 Å². The summed E-state index contributed by atoms with van der Waals surface area (Å²) in [6.07, 6.45) is 1.98. The van der Waals surface area contributed by atoms with Crippen LogP contribution in [0.4, 0.5) is 5.82 Å². The summed E-state index contributed by atoms with van der Waals surface area (Å²) in [5.41, 5.74) is 0.340. The molecule has 0 bridgehead atoms.